The molecule has 0 bridgehead atoms. The van der Waals surface area contributed by atoms with Gasteiger partial charge in [0.25, 0.3) is 0 Å². The van der Waals surface area contributed by atoms with Gasteiger partial charge in [0.1, 0.15) is 10.8 Å². The van der Waals surface area contributed by atoms with E-state index in [0.717, 1.165) is 41.3 Å². The Balaban J connectivity index is 2.10. The molecule has 2 aromatic rings. The van der Waals surface area contributed by atoms with Gasteiger partial charge in [-0.15, -0.1) is 0 Å². The van der Waals surface area contributed by atoms with E-state index in [9.17, 15) is 0 Å². The molecule has 0 spiro atoms. The SMILES string of the molecule is Cc1cc(C)c(C(N)=S)c(NCCc2ccn(C)n2)n1. The van der Waals surface area contributed by atoms with Crippen LogP contribution in [0.4, 0.5) is 5.82 Å². The lowest BCUT2D eigenvalue weighted by molar-refractivity contribution is 0.742. The van der Waals surface area contributed by atoms with E-state index in [0.29, 0.717) is 4.99 Å². The van der Waals surface area contributed by atoms with Crippen LogP contribution >= 0.6 is 12.2 Å². The molecular formula is C14H19N5S. The van der Waals surface area contributed by atoms with Crippen LogP contribution in [-0.2, 0) is 13.5 Å². The van der Waals surface area contributed by atoms with E-state index in [1.54, 1.807) is 4.68 Å². The number of nitrogens with zero attached hydrogens (tertiary/aromatic N) is 3. The van der Waals surface area contributed by atoms with Crippen LogP contribution in [0.15, 0.2) is 18.3 Å². The predicted molar refractivity (Wildman–Crippen MR) is 85.0 cm³/mol. The van der Waals surface area contributed by atoms with Gasteiger partial charge in [-0.2, -0.15) is 5.10 Å². The van der Waals surface area contributed by atoms with Crippen LogP contribution in [0.3, 0.4) is 0 Å². The molecule has 6 heteroatoms. The van der Waals surface area contributed by atoms with Crippen molar-refractivity contribution in [2.24, 2.45) is 12.8 Å². The maximum absolute atomic E-state index is 5.79. The smallest absolute Gasteiger partial charge is 0.136 e. The minimum absolute atomic E-state index is 0.371. The summed E-state index contributed by atoms with van der Waals surface area (Å²) in [6, 6.07) is 3.99. The van der Waals surface area contributed by atoms with Crippen LogP contribution in [0, 0.1) is 13.8 Å². The summed E-state index contributed by atoms with van der Waals surface area (Å²) < 4.78 is 1.80. The number of aryl methyl sites for hydroxylation is 3. The Morgan fingerprint density at radius 1 is 1.45 bits per heavy atom. The third-order valence-electron chi connectivity index (χ3n) is 3.03. The largest absolute Gasteiger partial charge is 0.389 e. The monoisotopic (exact) mass is 289 g/mol. The molecule has 106 valence electrons. The summed E-state index contributed by atoms with van der Waals surface area (Å²) in [6.45, 7) is 4.69. The lowest BCUT2D eigenvalue weighted by Gasteiger charge is -2.13. The van der Waals surface area contributed by atoms with E-state index in [4.69, 9.17) is 18.0 Å². The number of hydrogen-bond acceptors (Lipinski definition) is 4. The highest BCUT2D eigenvalue weighted by Gasteiger charge is 2.11. The third kappa shape index (κ3) is 3.33. The van der Waals surface area contributed by atoms with Crippen molar-refractivity contribution in [1.29, 1.82) is 0 Å². The Morgan fingerprint density at radius 2 is 2.20 bits per heavy atom. The van der Waals surface area contributed by atoms with Crippen LogP contribution in [-0.4, -0.2) is 26.3 Å². The maximum atomic E-state index is 5.79. The summed E-state index contributed by atoms with van der Waals surface area (Å²) >= 11 is 5.11. The molecule has 0 aliphatic heterocycles. The standard InChI is InChI=1S/C14H19N5S/c1-9-8-10(2)17-14(12(9)13(15)20)16-6-4-11-5-7-19(3)18-11/h5,7-8H,4,6H2,1-3H3,(H2,15,20)(H,16,17). The zero-order valence-electron chi connectivity index (χ0n) is 12.0. The van der Waals surface area contributed by atoms with Crippen LogP contribution in [0.5, 0.6) is 0 Å². The van der Waals surface area contributed by atoms with Crippen LogP contribution in [0.25, 0.3) is 0 Å². The number of anilines is 1. The molecule has 0 aromatic carbocycles. The second-order valence-electron chi connectivity index (χ2n) is 4.83. The molecule has 0 saturated carbocycles. The quantitative estimate of drug-likeness (QED) is 0.820. The van der Waals surface area contributed by atoms with E-state index in [1.165, 1.54) is 0 Å². The van der Waals surface area contributed by atoms with Gasteiger partial charge in [0.2, 0.25) is 0 Å². The van der Waals surface area contributed by atoms with Crippen molar-refractivity contribution in [3.05, 3.63) is 40.8 Å². The molecule has 5 nitrogen and oxygen atoms in total. The lowest BCUT2D eigenvalue weighted by atomic mass is 10.1. The minimum Gasteiger partial charge on any atom is -0.389 e. The molecule has 0 aliphatic carbocycles. The molecule has 2 rings (SSSR count). The first-order chi connectivity index (χ1) is 9.47. The van der Waals surface area contributed by atoms with Crippen LogP contribution in [0.1, 0.15) is 22.5 Å². The van der Waals surface area contributed by atoms with Crippen molar-refractivity contribution in [3.8, 4) is 0 Å². The van der Waals surface area contributed by atoms with Crippen LogP contribution in [0.2, 0.25) is 0 Å². The minimum atomic E-state index is 0.371. The molecule has 0 radical (unpaired) electrons. The molecule has 2 heterocycles. The summed E-state index contributed by atoms with van der Waals surface area (Å²) in [5.74, 6) is 0.755. The Bertz CT molecular complexity index is 632. The Hall–Kier alpha value is -1.95. The fourth-order valence-corrected chi connectivity index (χ4v) is 2.44. The van der Waals surface area contributed by atoms with E-state index >= 15 is 0 Å². The second kappa shape index (κ2) is 6.00. The summed E-state index contributed by atoms with van der Waals surface area (Å²) in [4.78, 5) is 4.86. The zero-order chi connectivity index (χ0) is 14.7. The first-order valence-corrected chi connectivity index (χ1v) is 6.88. The number of nitrogens with one attached hydrogen (secondary N) is 1. The van der Waals surface area contributed by atoms with Gasteiger partial charge in [0, 0.05) is 31.9 Å². The third-order valence-corrected chi connectivity index (χ3v) is 3.24. The molecule has 0 saturated heterocycles. The molecule has 0 atom stereocenters. The van der Waals surface area contributed by atoms with Gasteiger partial charge >= 0.3 is 0 Å². The molecule has 3 N–H and O–H groups in total. The topological polar surface area (TPSA) is 68.8 Å². The van der Waals surface area contributed by atoms with Crippen molar-refractivity contribution in [3.63, 3.8) is 0 Å². The van der Waals surface area contributed by atoms with Crippen molar-refractivity contribution in [2.75, 3.05) is 11.9 Å². The van der Waals surface area contributed by atoms with Crippen molar-refractivity contribution in [1.82, 2.24) is 14.8 Å². The zero-order valence-corrected chi connectivity index (χ0v) is 12.8. The fourth-order valence-electron chi connectivity index (χ4n) is 2.18. The van der Waals surface area contributed by atoms with Crippen molar-refractivity contribution >= 4 is 23.0 Å². The summed E-state index contributed by atoms with van der Waals surface area (Å²) in [5, 5.41) is 7.65. The van der Waals surface area contributed by atoms with Gasteiger partial charge in [-0.1, -0.05) is 12.2 Å². The number of aromatic nitrogens is 3. The number of pyridine rings is 1. The van der Waals surface area contributed by atoms with Gasteiger partial charge in [-0.3, -0.25) is 4.68 Å². The molecule has 0 aliphatic rings. The van der Waals surface area contributed by atoms with Gasteiger partial charge in [-0.05, 0) is 31.5 Å². The molecule has 2 aromatic heterocycles. The molecule has 0 amide bonds. The summed E-state index contributed by atoms with van der Waals surface area (Å²) in [7, 11) is 1.91. The van der Waals surface area contributed by atoms with Crippen molar-refractivity contribution < 1.29 is 0 Å². The van der Waals surface area contributed by atoms with E-state index in [-0.39, 0.29) is 0 Å². The highest BCUT2D eigenvalue weighted by Crippen LogP contribution is 2.18. The predicted octanol–water partition coefficient (Wildman–Crippen LogP) is 1.72. The first-order valence-electron chi connectivity index (χ1n) is 6.48. The van der Waals surface area contributed by atoms with E-state index in [2.05, 4.69) is 15.4 Å². The lowest BCUT2D eigenvalue weighted by Crippen LogP contribution is -2.18. The fraction of sp³-hybridized carbons (Fsp3) is 0.357. The normalized spacial score (nSPS) is 10.6. The second-order valence-corrected chi connectivity index (χ2v) is 5.27. The highest BCUT2D eigenvalue weighted by atomic mass is 32.1. The van der Waals surface area contributed by atoms with Crippen molar-refractivity contribution in [2.45, 2.75) is 20.3 Å². The van der Waals surface area contributed by atoms with Gasteiger partial charge in [0.05, 0.1) is 11.3 Å². The van der Waals surface area contributed by atoms with Gasteiger partial charge in [-0.25, -0.2) is 4.98 Å². The Labute approximate surface area is 124 Å². The summed E-state index contributed by atoms with van der Waals surface area (Å²) in [5.41, 5.74) is 9.65. The van der Waals surface area contributed by atoms with Gasteiger partial charge < -0.3 is 11.1 Å². The number of hydrogen-bond donors (Lipinski definition) is 2. The Morgan fingerprint density at radius 3 is 2.80 bits per heavy atom. The Kier molecular flexibility index (Phi) is 4.34. The van der Waals surface area contributed by atoms with Crippen LogP contribution < -0.4 is 11.1 Å². The number of rotatable bonds is 5. The molecule has 0 fully saturated rings. The maximum Gasteiger partial charge on any atom is 0.136 e. The van der Waals surface area contributed by atoms with Gasteiger partial charge in [0.15, 0.2) is 0 Å². The average molecular weight is 289 g/mol. The molecule has 20 heavy (non-hydrogen) atoms. The van der Waals surface area contributed by atoms with E-state index in [1.807, 2.05) is 39.2 Å². The molecule has 0 unspecified atom stereocenters. The van der Waals surface area contributed by atoms with E-state index < -0.39 is 0 Å². The highest BCUT2D eigenvalue weighted by molar-refractivity contribution is 7.80. The molecular weight excluding hydrogens is 270 g/mol. The first kappa shape index (κ1) is 14.5. The number of thiocarbonyl (C=S) groups is 1. The summed E-state index contributed by atoms with van der Waals surface area (Å²) in [6.07, 6.45) is 2.76. The average Bonchev–Trinajstić information content (AvgIpc) is 2.73. The number of nitrogens with two attached hydrogens (primary N) is 1.